The lowest BCUT2D eigenvalue weighted by Gasteiger charge is -2.05. The molecule has 0 unspecified atom stereocenters. The van der Waals surface area contributed by atoms with Gasteiger partial charge in [0.15, 0.2) is 0 Å². The molecule has 0 amide bonds. The van der Waals surface area contributed by atoms with Crippen LogP contribution in [0.3, 0.4) is 0 Å². The van der Waals surface area contributed by atoms with Crippen LogP contribution >= 0.6 is 15.9 Å². The molecular weight excluding hydrogens is 244 g/mol. The lowest BCUT2D eigenvalue weighted by molar-refractivity contribution is 0.151. The fraction of sp³-hybridized carbons (Fsp3) is 0.143. The number of anilines is 1. The minimum Gasteiger partial charge on any atom is -0.383 e. The number of nitriles is 1. The van der Waals surface area contributed by atoms with Gasteiger partial charge in [-0.15, -0.1) is 0 Å². The standard InChI is InChI=1S/C7H4BrF2N3/c8-4-1-3(2-11)13-7(12)5(4)6(9)10/h1,6H,(H2,12,13). The summed E-state index contributed by atoms with van der Waals surface area (Å²) in [4.78, 5) is 3.48. The molecule has 0 saturated heterocycles. The highest BCUT2D eigenvalue weighted by atomic mass is 79.9. The summed E-state index contributed by atoms with van der Waals surface area (Å²) in [5, 5.41) is 8.44. The predicted octanol–water partition coefficient (Wildman–Crippen LogP) is 2.24. The number of aromatic nitrogens is 1. The van der Waals surface area contributed by atoms with E-state index in [-0.39, 0.29) is 21.5 Å². The molecular formula is C7H4BrF2N3. The Bertz CT molecular complexity index is 349. The first-order chi connectivity index (χ1) is 6.06. The van der Waals surface area contributed by atoms with Crippen LogP contribution in [-0.2, 0) is 0 Å². The summed E-state index contributed by atoms with van der Waals surface area (Å²) in [5.41, 5.74) is 4.86. The van der Waals surface area contributed by atoms with E-state index in [4.69, 9.17) is 11.0 Å². The molecule has 68 valence electrons. The van der Waals surface area contributed by atoms with Crippen molar-refractivity contribution in [2.24, 2.45) is 0 Å². The van der Waals surface area contributed by atoms with Gasteiger partial charge in [-0.1, -0.05) is 15.9 Å². The Balaban J connectivity index is 3.33. The van der Waals surface area contributed by atoms with Crippen LogP contribution in [-0.4, -0.2) is 4.98 Å². The molecule has 0 aliphatic carbocycles. The Hall–Kier alpha value is -1.22. The summed E-state index contributed by atoms with van der Waals surface area (Å²) in [6.45, 7) is 0. The van der Waals surface area contributed by atoms with Crippen LogP contribution in [0.4, 0.5) is 14.6 Å². The Morgan fingerprint density at radius 1 is 1.62 bits per heavy atom. The zero-order valence-electron chi connectivity index (χ0n) is 6.26. The second kappa shape index (κ2) is 3.66. The molecule has 0 spiro atoms. The lowest BCUT2D eigenvalue weighted by atomic mass is 10.2. The van der Waals surface area contributed by atoms with Crippen molar-refractivity contribution >= 4 is 21.7 Å². The molecule has 2 N–H and O–H groups in total. The van der Waals surface area contributed by atoms with E-state index in [1.165, 1.54) is 6.07 Å². The van der Waals surface area contributed by atoms with Gasteiger partial charge in [0, 0.05) is 4.47 Å². The fourth-order valence-electron chi connectivity index (χ4n) is 0.816. The predicted molar refractivity (Wildman–Crippen MR) is 46.0 cm³/mol. The lowest BCUT2D eigenvalue weighted by Crippen LogP contribution is -2.01. The van der Waals surface area contributed by atoms with Crippen molar-refractivity contribution in [2.75, 3.05) is 5.73 Å². The van der Waals surface area contributed by atoms with E-state index in [1.807, 2.05) is 0 Å². The Labute approximate surface area is 81.3 Å². The van der Waals surface area contributed by atoms with Crippen LogP contribution in [0.5, 0.6) is 0 Å². The van der Waals surface area contributed by atoms with Gasteiger partial charge in [-0.3, -0.25) is 0 Å². The van der Waals surface area contributed by atoms with Crippen LogP contribution in [0.15, 0.2) is 10.5 Å². The largest absolute Gasteiger partial charge is 0.383 e. The average Bonchev–Trinajstić information content (AvgIpc) is 2.02. The van der Waals surface area contributed by atoms with Crippen LogP contribution < -0.4 is 5.73 Å². The van der Waals surface area contributed by atoms with Crippen molar-refractivity contribution in [3.8, 4) is 6.07 Å². The quantitative estimate of drug-likeness (QED) is 0.828. The summed E-state index contributed by atoms with van der Waals surface area (Å²) in [6.07, 6.45) is -2.70. The summed E-state index contributed by atoms with van der Waals surface area (Å²) >= 11 is 2.89. The third kappa shape index (κ3) is 1.92. The van der Waals surface area contributed by atoms with E-state index >= 15 is 0 Å². The first kappa shape index (κ1) is 9.86. The third-order valence-electron chi connectivity index (χ3n) is 1.37. The van der Waals surface area contributed by atoms with Gasteiger partial charge in [0.1, 0.15) is 17.6 Å². The van der Waals surface area contributed by atoms with Crippen LogP contribution in [0, 0.1) is 11.3 Å². The van der Waals surface area contributed by atoms with Gasteiger partial charge >= 0.3 is 0 Å². The van der Waals surface area contributed by atoms with Crippen molar-refractivity contribution < 1.29 is 8.78 Å². The first-order valence-electron chi connectivity index (χ1n) is 3.20. The number of nitrogens with two attached hydrogens (primary N) is 1. The van der Waals surface area contributed by atoms with Gasteiger partial charge in [0.25, 0.3) is 6.43 Å². The highest BCUT2D eigenvalue weighted by Crippen LogP contribution is 2.31. The molecule has 0 saturated carbocycles. The van der Waals surface area contributed by atoms with E-state index in [0.29, 0.717) is 0 Å². The molecule has 6 heteroatoms. The second-order valence-corrected chi connectivity index (χ2v) is 3.06. The number of pyridine rings is 1. The van der Waals surface area contributed by atoms with E-state index in [1.54, 1.807) is 6.07 Å². The summed E-state index contributed by atoms with van der Waals surface area (Å²) in [6, 6.07) is 2.91. The maximum Gasteiger partial charge on any atom is 0.268 e. The molecule has 0 aliphatic rings. The minimum absolute atomic E-state index is 0.00812. The van der Waals surface area contributed by atoms with Crippen molar-refractivity contribution in [3.05, 3.63) is 21.8 Å². The van der Waals surface area contributed by atoms with Crippen molar-refractivity contribution in [3.63, 3.8) is 0 Å². The van der Waals surface area contributed by atoms with Gasteiger partial charge in [-0.2, -0.15) is 5.26 Å². The van der Waals surface area contributed by atoms with Crippen LogP contribution in [0.25, 0.3) is 0 Å². The Kier molecular flexibility index (Phi) is 2.78. The molecule has 1 heterocycles. The number of nitrogen functional groups attached to an aromatic ring is 1. The van der Waals surface area contributed by atoms with Gasteiger partial charge in [0.05, 0.1) is 5.56 Å². The van der Waals surface area contributed by atoms with Crippen molar-refractivity contribution in [1.29, 1.82) is 5.26 Å². The number of hydrogen-bond acceptors (Lipinski definition) is 3. The van der Waals surface area contributed by atoms with Gasteiger partial charge in [-0.25, -0.2) is 13.8 Å². The monoisotopic (exact) mass is 247 g/mol. The maximum absolute atomic E-state index is 12.3. The Morgan fingerprint density at radius 3 is 2.62 bits per heavy atom. The van der Waals surface area contributed by atoms with E-state index in [9.17, 15) is 8.78 Å². The van der Waals surface area contributed by atoms with E-state index in [2.05, 4.69) is 20.9 Å². The van der Waals surface area contributed by atoms with Gasteiger partial charge in [-0.05, 0) is 6.07 Å². The summed E-state index contributed by atoms with van der Waals surface area (Å²) in [5.74, 6) is -0.319. The summed E-state index contributed by atoms with van der Waals surface area (Å²) in [7, 11) is 0. The molecule has 0 atom stereocenters. The fourth-order valence-corrected chi connectivity index (χ4v) is 1.41. The van der Waals surface area contributed by atoms with Gasteiger partial charge in [0.2, 0.25) is 0 Å². The van der Waals surface area contributed by atoms with Crippen LogP contribution in [0.1, 0.15) is 17.7 Å². The van der Waals surface area contributed by atoms with Crippen molar-refractivity contribution in [2.45, 2.75) is 6.43 Å². The normalized spacial score (nSPS) is 10.1. The molecule has 13 heavy (non-hydrogen) atoms. The highest BCUT2D eigenvalue weighted by molar-refractivity contribution is 9.10. The minimum atomic E-state index is -2.70. The molecule has 0 aliphatic heterocycles. The van der Waals surface area contributed by atoms with Gasteiger partial charge < -0.3 is 5.73 Å². The Morgan fingerprint density at radius 2 is 2.23 bits per heavy atom. The molecule has 0 radical (unpaired) electrons. The molecule has 0 fully saturated rings. The second-order valence-electron chi connectivity index (χ2n) is 2.20. The number of hydrogen-bond donors (Lipinski definition) is 1. The zero-order valence-corrected chi connectivity index (χ0v) is 7.85. The molecule has 1 aromatic heterocycles. The SMILES string of the molecule is N#Cc1cc(Br)c(C(F)F)c(N)n1. The average molecular weight is 248 g/mol. The topological polar surface area (TPSA) is 62.7 Å². The number of nitrogens with zero attached hydrogens (tertiary/aromatic N) is 2. The van der Waals surface area contributed by atoms with E-state index in [0.717, 1.165) is 0 Å². The first-order valence-corrected chi connectivity index (χ1v) is 3.99. The number of rotatable bonds is 1. The number of alkyl halides is 2. The molecule has 0 aromatic carbocycles. The molecule has 0 bridgehead atoms. The highest BCUT2D eigenvalue weighted by Gasteiger charge is 2.17. The smallest absolute Gasteiger partial charge is 0.268 e. The number of halogens is 3. The van der Waals surface area contributed by atoms with Crippen LogP contribution in [0.2, 0.25) is 0 Å². The summed E-state index contributed by atoms with van der Waals surface area (Å²) < 4.78 is 24.7. The van der Waals surface area contributed by atoms with E-state index < -0.39 is 6.43 Å². The molecule has 3 nitrogen and oxygen atoms in total. The maximum atomic E-state index is 12.3. The van der Waals surface area contributed by atoms with Crippen molar-refractivity contribution in [1.82, 2.24) is 4.98 Å². The zero-order chi connectivity index (χ0) is 10.0. The molecule has 1 rings (SSSR count). The third-order valence-corrected chi connectivity index (χ3v) is 2.03. The molecule has 1 aromatic rings.